The molecule has 3 nitrogen and oxygen atoms in total. The van der Waals surface area contributed by atoms with Crippen LogP contribution in [0.3, 0.4) is 0 Å². The smallest absolute Gasteiger partial charge is 0.261 e. The number of rotatable bonds is 1. The third-order valence-corrected chi connectivity index (χ3v) is 3.84. The first-order valence-electron chi connectivity index (χ1n) is 8.28. The molecule has 3 rings (SSSR count). The van der Waals surface area contributed by atoms with Crippen molar-refractivity contribution in [1.82, 2.24) is 4.90 Å². The van der Waals surface area contributed by atoms with Crippen LogP contribution < -0.4 is 0 Å². The molecule has 0 saturated carbocycles. The van der Waals surface area contributed by atoms with E-state index in [0.29, 0.717) is 17.7 Å². The number of likely N-dealkylation sites (N-methyl/N-ethyl adjacent to an activating group) is 1. The Bertz CT molecular complexity index is 696. The number of amides is 2. The number of hydrogen-bond acceptors (Lipinski definition) is 2. The van der Waals surface area contributed by atoms with Gasteiger partial charge in [-0.3, -0.25) is 14.5 Å². The van der Waals surface area contributed by atoms with Crippen LogP contribution in [-0.2, 0) is 4.79 Å². The summed E-state index contributed by atoms with van der Waals surface area (Å²) in [7, 11) is 0. The van der Waals surface area contributed by atoms with Crippen molar-refractivity contribution in [2.24, 2.45) is 5.41 Å². The molecule has 0 N–H and O–H groups in total. The molecule has 2 amide bonds. The molecule has 1 heterocycles. The topological polar surface area (TPSA) is 37.4 Å². The van der Waals surface area contributed by atoms with Crippen LogP contribution in [0.15, 0.2) is 30.4 Å². The molecule has 1 aliphatic heterocycles. The first-order valence-corrected chi connectivity index (χ1v) is 8.28. The number of hydrogen-bond donors (Lipinski definition) is 0. The molecule has 23 heavy (non-hydrogen) atoms. The van der Waals surface area contributed by atoms with E-state index in [1.165, 1.54) is 11.3 Å². The highest BCUT2D eigenvalue weighted by Gasteiger charge is 2.36. The second kappa shape index (κ2) is 6.53. The van der Waals surface area contributed by atoms with E-state index in [9.17, 15) is 9.59 Å². The van der Waals surface area contributed by atoms with Gasteiger partial charge in [-0.05, 0) is 18.6 Å². The van der Waals surface area contributed by atoms with Crippen molar-refractivity contribution in [2.75, 3.05) is 6.54 Å². The summed E-state index contributed by atoms with van der Waals surface area (Å²) in [4.78, 5) is 26.3. The summed E-state index contributed by atoms with van der Waals surface area (Å²) in [6.07, 6.45) is 7.29. The lowest BCUT2D eigenvalue weighted by Gasteiger charge is -2.29. The highest BCUT2D eigenvalue weighted by Crippen LogP contribution is 2.38. The average molecular weight is 311 g/mol. The second-order valence-corrected chi connectivity index (χ2v) is 6.54. The van der Waals surface area contributed by atoms with Crippen LogP contribution in [0.4, 0.5) is 0 Å². The van der Waals surface area contributed by atoms with Crippen LogP contribution in [0.2, 0.25) is 0 Å². The summed E-state index contributed by atoms with van der Waals surface area (Å²) in [6, 6.07) is 5.62. The average Bonchev–Trinajstić information content (AvgIpc) is 2.64. The van der Waals surface area contributed by atoms with E-state index < -0.39 is 0 Å². The molecule has 3 heteroatoms. The zero-order valence-corrected chi connectivity index (χ0v) is 14.6. The molecule has 0 atom stereocenters. The van der Waals surface area contributed by atoms with Gasteiger partial charge >= 0.3 is 0 Å². The first kappa shape index (κ1) is 17.2. The Balaban J connectivity index is 0.000000595. The maximum atomic E-state index is 12.6. The summed E-state index contributed by atoms with van der Waals surface area (Å²) < 4.78 is 0. The van der Waals surface area contributed by atoms with E-state index >= 15 is 0 Å². The van der Waals surface area contributed by atoms with Gasteiger partial charge in [0.1, 0.15) is 0 Å². The number of carbonyl (C=O) groups is 2. The summed E-state index contributed by atoms with van der Waals surface area (Å²) >= 11 is 0. The van der Waals surface area contributed by atoms with Crippen molar-refractivity contribution in [3.05, 3.63) is 47.0 Å². The van der Waals surface area contributed by atoms with Gasteiger partial charge in [-0.25, -0.2) is 0 Å². The molecule has 0 fully saturated rings. The maximum absolute atomic E-state index is 12.6. The third kappa shape index (κ3) is 3.14. The van der Waals surface area contributed by atoms with Gasteiger partial charge in [0, 0.05) is 28.7 Å². The standard InChI is InChI=1S/C17H17NO2.C3H8/c1-4-18-15(19)12-7-5-6-11-8-9-17(2,3)10-13(14(11)12)16(18)20;1-3-2/h5-10H,4H2,1-3H3;3H2,1-2H3. The largest absolute Gasteiger partial charge is 0.275 e. The van der Waals surface area contributed by atoms with Crippen LogP contribution in [0.1, 0.15) is 62.5 Å². The summed E-state index contributed by atoms with van der Waals surface area (Å²) in [6.45, 7) is 10.6. The van der Waals surface area contributed by atoms with Gasteiger partial charge in [-0.1, -0.05) is 64.5 Å². The lowest BCUT2D eigenvalue weighted by atomic mass is 9.86. The van der Waals surface area contributed by atoms with Gasteiger partial charge in [0.15, 0.2) is 0 Å². The minimum atomic E-state index is -0.207. The molecule has 0 bridgehead atoms. The lowest BCUT2D eigenvalue weighted by molar-refractivity contribution is -0.122. The molecule has 0 saturated heterocycles. The zero-order valence-electron chi connectivity index (χ0n) is 14.6. The van der Waals surface area contributed by atoms with Crippen molar-refractivity contribution in [2.45, 2.75) is 41.0 Å². The zero-order chi connectivity index (χ0) is 17.2. The van der Waals surface area contributed by atoms with E-state index in [4.69, 9.17) is 0 Å². The predicted molar refractivity (Wildman–Crippen MR) is 94.9 cm³/mol. The number of benzene rings is 1. The van der Waals surface area contributed by atoms with E-state index in [2.05, 4.69) is 33.8 Å². The number of nitrogens with zero attached hydrogens (tertiary/aromatic N) is 1. The quantitative estimate of drug-likeness (QED) is 0.714. The van der Waals surface area contributed by atoms with Gasteiger partial charge in [0.05, 0.1) is 0 Å². The van der Waals surface area contributed by atoms with Crippen LogP contribution in [0.5, 0.6) is 0 Å². The van der Waals surface area contributed by atoms with E-state index in [1.54, 1.807) is 6.07 Å². The van der Waals surface area contributed by atoms with Crippen molar-refractivity contribution >= 4 is 23.5 Å². The van der Waals surface area contributed by atoms with Crippen LogP contribution in [-0.4, -0.2) is 23.3 Å². The van der Waals surface area contributed by atoms with Gasteiger partial charge in [0.25, 0.3) is 11.8 Å². The van der Waals surface area contributed by atoms with E-state index in [1.807, 2.05) is 31.2 Å². The molecule has 1 aromatic carbocycles. The number of allylic oxidation sites excluding steroid dienone is 2. The SMILES string of the molecule is CCC.CCN1C(=O)C2=CC(C)(C)C=Cc3cccc(c32)C1=O. The number of imide groups is 1. The first-order chi connectivity index (χ1) is 10.9. The fraction of sp³-hybridized carbons (Fsp3) is 0.400. The molecule has 1 aliphatic carbocycles. The summed E-state index contributed by atoms with van der Waals surface area (Å²) in [5.41, 5.74) is 2.79. The molecule has 1 aromatic rings. The van der Waals surface area contributed by atoms with Crippen molar-refractivity contribution in [1.29, 1.82) is 0 Å². The third-order valence-electron chi connectivity index (χ3n) is 3.84. The predicted octanol–water partition coefficient (Wildman–Crippen LogP) is 4.54. The highest BCUT2D eigenvalue weighted by molar-refractivity contribution is 6.31. The van der Waals surface area contributed by atoms with E-state index in [-0.39, 0.29) is 17.2 Å². The van der Waals surface area contributed by atoms with Gasteiger partial charge < -0.3 is 0 Å². The van der Waals surface area contributed by atoms with Crippen molar-refractivity contribution in [3.63, 3.8) is 0 Å². The monoisotopic (exact) mass is 311 g/mol. The molecule has 122 valence electrons. The Morgan fingerprint density at radius 3 is 2.30 bits per heavy atom. The molecular weight excluding hydrogens is 286 g/mol. The fourth-order valence-electron chi connectivity index (χ4n) is 2.82. The molecule has 0 unspecified atom stereocenters. The summed E-state index contributed by atoms with van der Waals surface area (Å²) in [5.74, 6) is -0.381. The van der Waals surface area contributed by atoms with Gasteiger partial charge in [-0.15, -0.1) is 0 Å². The number of carbonyl (C=O) groups excluding carboxylic acids is 2. The normalized spacial score (nSPS) is 17.8. The van der Waals surface area contributed by atoms with Crippen LogP contribution in [0, 0.1) is 5.41 Å². The van der Waals surface area contributed by atoms with Gasteiger partial charge in [0.2, 0.25) is 0 Å². The minimum absolute atomic E-state index is 0.186. The Morgan fingerprint density at radius 2 is 1.70 bits per heavy atom. The lowest BCUT2D eigenvalue weighted by Crippen LogP contribution is -2.41. The van der Waals surface area contributed by atoms with Crippen LogP contribution in [0.25, 0.3) is 11.6 Å². The second-order valence-electron chi connectivity index (χ2n) is 6.54. The van der Waals surface area contributed by atoms with Crippen LogP contribution >= 0.6 is 0 Å². The van der Waals surface area contributed by atoms with Gasteiger partial charge in [-0.2, -0.15) is 0 Å². The highest BCUT2D eigenvalue weighted by atomic mass is 16.2. The minimum Gasteiger partial charge on any atom is -0.275 e. The Morgan fingerprint density at radius 1 is 1.04 bits per heavy atom. The Labute approximate surface area is 138 Å². The maximum Gasteiger partial charge on any atom is 0.261 e. The Kier molecular flexibility index (Phi) is 4.88. The van der Waals surface area contributed by atoms with Crippen molar-refractivity contribution in [3.8, 4) is 0 Å². The molecule has 0 aromatic heterocycles. The molecule has 0 radical (unpaired) electrons. The summed E-state index contributed by atoms with van der Waals surface area (Å²) in [5, 5.41) is 0. The fourth-order valence-corrected chi connectivity index (χ4v) is 2.82. The van der Waals surface area contributed by atoms with E-state index in [0.717, 1.165) is 11.1 Å². The molecule has 2 aliphatic rings. The molecular formula is C20H25NO2. The Hall–Kier alpha value is -2.16. The van der Waals surface area contributed by atoms with Crippen molar-refractivity contribution < 1.29 is 9.59 Å². The molecule has 0 spiro atoms.